The molecule has 1 fully saturated rings. The van der Waals surface area contributed by atoms with Gasteiger partial charge in [-0.1, -0.05) is 48.5 Å². The molecule has 8 heteroatoms. The average Bonchev–Trinajstić information content (AvgIpc) is 3.35. The van der Waals surface area contributed by atoms with Gasteiger partial charge in [0, 0.05) is 25.7 Å². The molecule has 0 aliphatic carbocycles. The SMILES string of the molecule is CN=C(NCC(=O)N1CCC(Cc2ccccc2)CC1)NCc1coc(-c2ccccc2)n1.I. The first-order valence-electron chi connectivity index (χ1n) is 11.5. The lowest BCUT2D eigenvalue weighted by atomic mass is 9.90. The smallest absolute Gasteiger partial charge is 0.241 e. The summed E-state index contributed by atoms with van der Waals surface area (Å²) < 4.78 is 5.57. The molecule has 1 aliphatic heterocycles. The van der Waals surface area contributed by atoms with Gasteiger partial charge in [-0.15, -0.1) is 24.0 Å². The van der Waals surface area contributed by atoms with E-state index in [4.69, 9.17) is 4.42 Å². The zero-order valence-corrected chi connectivity index (χ0v) is 21.8. The zero-order valence-electron chi connectivity index (χ0n) is 19.4. The van der Waals surface area contributed by atoms with Crippen LogP contribution in [0.15, 0.2) is 76.3 Å². The number of aromatic nitrogens is 1. The summed E-state index contributed by atoms with van der Waals surface area (Å²) in [6, 6.07) is 20.4. The van der Waals surface area contributed by atoms with Crippen LogP contribution in [0.1, 0.15) is 24.1 Å². The van der Waals surface area contributed by atoms with Gasteiger partial charge in [0.15, 0.2) is 5.96 Å². The molecule has 7 nitrogen and oxygen atoms in total. The van der Waals surface area contributed by atoms with E-state index in [1.165, 1.54) is 5.56 Å². The number of halogens is 1. The van der Waals surface area contributed by atoms with Crippen LogP contribution in [0.2, 0.25) is 0 Å². The number of likely N-dealkylation sites (tertiary alicyclic amines) is 1. The third kappa shape index (κ3) is 7.31. The van der Waals surface area contributed by atoms with E-state index in [1.54, 1.807) is 13.3 Å². The van der Waals surface area contributed by atoms with Crippen molar-refractivity contribution in [2.75, 3.05) is 26.7 Å². The third-order valence-electron chi connectivity index (χ3n) is 5.97. The van der Waals surface area contributed by atoms with Crippen molar-refractivity contribution in [1.29, 1.82) is 0 Å². The normalized spacial score (nSPS) is 14.4. The maximum atomic E-state index is 12.7. The van der Waals surface area contributed by atoms with Crippen LogP contribution < -0.4 is 10.6 Å². The van der Waals surface area contributed by atoms with Crippen molar-refractivity contribution < 1.29 is 9.21 Å². The van der Waals surface area contributed by atoms with Gasteiger partial charge in [0.1, 0.15) is 6.26 Å². The summed E-state index contributed by atoms with van der Waals surface area (Å²) >= 11 is 0. The molecule has 0 radical (unpaired) electrons. The van der Waals surface area contributed by atoms with Crippen molar-refractivity contribution in [3.05, 3.63) is 78.2 Å². The van der Waals surface area contributed by atoms with Crippen LogP contribution in [0.4, 0.5) is 0 Å². The first-order chi connectivity index (χ1) is 16.2. The first kappa shape index (κ1) is 25.7. The van der Waals surface area contributed by atoms with Crippen LogP contribution in [-0.2, 0) is 17.8 Å². The predicted octanol–water partition coefficient (Wildman–Crippen LogP) is 4.11. The Morgan fingerprint density at radius 1 is 1.06 bits per heavy atom. The van der Waals surface area contributed by atoms with Crippen LogP contribution in [0.5, 0.6) is 0 Å². The van der Waals surface area contributed by atoms with Crippen molar-refractivity contribution in [1.82, 2.24) is 20.5 Å². The number of hydrogen-bond acceptors (Lipinski definition) is 4. The number of hydrogen-bond donors (Lipinski definition) is 2. The summed E-state index contributed by atoms with van der Waals surface area (Å²) in [5, 5.41) is 6.30. The second-order valence-corrected chi connectivity index (χ2v) is 8.30. The number of benzene rings is 2. The summed E-state index contributed by atoms with van der Waals surface area (Å²) in [6.45, 7) is 2.29. The minimum absolute atomic E-state index is 0. The van der Waals surface area contributed by atoms with E-state index in [-0.39, 0.29) is 36.4 Å². The Hall–Kier alpha value is -2.88. The summed E-state index contributed by atoms with van der Waals surface area (Å²) in [5.74, 6) is 1.89. The summed E-state index contributed by atoms with van der Waals surface area (Å²) in [4.78, 5) is 23.3. The highest BCUT2D eigenvalue weighted by Gasteiger charge is 2.23. The van der Waals surface area contributed by atoms with Crippen LogP contribution in [0, 0.1) is 5.92 Å². The van der Waals surface area contributed by atoms with Crippen molar-refractivity contribution in [3.8, 4) is 11.5 Å². The van der Waals surface area contributed by atoms with Gasteiger partial charge in [-0.3, -0.25) is 9.79 Å². The second-order valence-electron chi connectivity index (χ2n) is 8.30. The maximum absolute atomic E-state index is 12.7. The minimum Gasteiger partial charge on any atom is -0.444 e. The molecule has 34 heavy (non-hydrogen) atoms. The van der Waals surface area contributed by atoms with E-state index in [1.807, 2.05) is 41.3 Å². The number of rotatable bonds is 7. The number of nitrogens with one attached hydrogen (secondary N) is 2. The van der Waals surface area contributed by atoms with E-state index in [0.717, 1.165) is 43.6 Å². The molecule has 0 saturated carbocycles. The number of piperidine rings is 1. The van der Waals surface area contributed by atoms with Gasteiger partial charge in [0.05, 0.1) is 18.8 Å². The van der Waals surface area contributed by atoms with E-state index < -0.39 is 0 Å². The highest BCUT2D eigenvalue weighted by molar-refractivity contribution is 14.0. The van der Waals surface area contributed by atoms with Gasteiger partial charge in [-0.25, -0.2) is 4.98 Å². The predicted molar refractivity (Wildman–Crippen MR) is 145 cm³/mol. The quantitative estimate of drug-likeness (QED) is 0.253. The number of oxazole rings is 1. The maximum Gasteiger partial charge on any atom is 0.241 e. The van der Waals surface area contributed by atoms with Crippen LogP contribution >= 0.6 is 24.0 Å². The summed E-state index contributed by atoms with van der Waals surface area (Å²) in [6.07, 6.45) is 4.81. The van der Waals surface area contributed by atoms with E-state index in [9.17, 15) is 4.79 Å². The Labute approximate surface area is 218 Å². The fourth-order valence-electron chi connectivity index (χ4n) is 4.10. The Morgan fingerprint density at radius 3 is 2.41 bits per heavy atom. The lowest BCUT2D eigenvalue weighted by Gasteiger charge is -2.32. The van der Waals surface area contributed by atoms with Crippen LogP contribution in [-0.4, -0.2) is 48.4 Å². The fourth-order valence-corrected chi connectivity index (χ4v) is 4.10. The Bertz CT molecular complexity index is 1050. The van der Waals surface area contributed by atoms with Crippen LogP contribution in [0.25, 0.3) is 11.5 Å². The fraction of sp³-hybridized carbons (Fsp3) is 0.346. The molecule has 1 amide bonds. The molecule has 2 N–H and O–H groups in total. The summed E-state index contributed by atoms with van der Waals surface area (Å²) in [5.41, 5.74) is 3.08. The standard InChI is InChI=1S/C26H31N5O2.HI/c1-27-26(28-17-23-19-33-25(30-23)22-10-6-3-7-11-22)29-18-24(32)31-14-12-21(13-15-31)16-20-8-4-2-5-9-20;/h2-11,19,21H,12-18H2,1H3,(H2,27,28,29);1H. The number of aliphatic imine (C=N–C) groups is 1. The highest BCUT2D eigenvalue weighted by atomic mass is 127. The number of nitrogens with zero attached hydrogens (tertiary/aromatic N) is 3. The minimum atomic E-state index is 0. The number of amides is 1. The van der Waals surface area contributed by atoms with Gasteiger partial charge in [0.25, 0.3) is 0 Å². The molecule has 2 heterocycles. The molecule has 0 atom stereocenters. The van der Waals surface area contributed by atoms with Crippen molar-refractivity contribution >= 4 is 35.8 Å². The molecule has 0 bridgehead atoms. The Kier molecular flexibility index (Phi) is 9.93. The zero-order chi connectivity index (χ0) is 22.9. The van der Waals surface area contributed by atoms with Gasteiger partial charge >= 0.3 is 0 Å². The molecular formula is C26H32IN5O2. The number of carbonyl (C=O) groups is 1. The second kappa shape index (κ2) is 13.1. The molecule has 1 aromatic heterocycles. The third-order valence-corrected chi connectivity index (χ3v) is 5.97. The molecule has 0 spiro atoms. The Morgan fingerprint density at radius 2 is 1.74 bits per heavy atom. The van der Waals surface area contributed by atoms with Crippen LogP contribution in [0.3, 0.4) is 0 Å². The van der Waals surface area contributed by atoms with Gasteiger partial charge in [-0.2, -0.15) is 0 Å². The van der Waals surface area contributed by atoms with Crippen molar-refractivity contribution in [2.24, 2.45) is 10.9 Å². The first-order valence-corrected chi connectivity index (χ1v) is 11.5. The average molecular weight is 573 g/mol. The van der Waals surface area contributed by atoms with Gasteiger partial charge in [-0.05, 0) is 42.9 Å². The van der Waals surface area contributed by atoms with Crippen molar-refractivity contribution in [3.63, 3.8) is 0 Å². The number of guanidine groups is 1. The topological polar surface area (TPSA) is 82.8 Å². The monoisotopic (exact) mass is 573 g/mol. The van der Waals surface area contributed by atoms with Crippen molar-refractivity contribution in [2.45, 2.75) is 25.8 Å². The highest BCUT2D eigenvalue weighted by Crippen LogP contribution is 2.21. The molecule has 4 rings (SSSR count). The van der Waals surface area contributed by atoms with E-state index >= 15 is 0 Å². The van der Waals surface area contributed by atoms with E-state index in [2.05, 4.69) is 44.9 Å². The molecule has 3 aromatic rings. The summed E-state index contributed by atoms with van der Waals surface area (Å²) in [7, 11) is 1.69. The lowest BCUT2D eigenvalue weighted by molar-refractivity contribution is -0.131. The molecule has 180 valence electrons. The lowest BCUT2D eigenvalue weighted by Crippen LogP contribution is -2.46. The van der Waals surface area contributed by atoms with Gasteiger partial charge in [0.2, 0.25) is 11.8 Å². The number of carbonyl (C=O) groups excluding carboxylic acids is 1. The van der Waals surface area contributed by atoms with Gasteiger partial charge < -0.3 is 20.0 Å². The largest absolute Gasteiger partial charge is 0.444 e. The molecule has 0 unspecified atom stereocenters. The van der Waals surface area contributed by atoms with E-state index in [0.29, 0.717) is 24.3 Å². The molecular weight excluding hydrogens is 541 g/mol. The molecule has 2 aromatic carbocycles. The molecule has 1 aliphatic rings. The Balaban J connectivity index is 0.00000324. The molecule has 1 saturated heterocycles.